The first-order chi connectivity index (χ1) is 12.3. The molecule has 0 spiro atoms. The van der Waals surface area contributed by atoms with Crippen LogP contribution in [0.25, 0.3) is 10.8 Å². The highest BCUT2D eigenvalue weighted by molar-refractivity contribution is 7.89. The van der Waals surface area contributed by atoms with E-state index in [2.05, 4.69) is 9.88 Å². The van der Waals surface area contributed by atoms with Crippen LogP contribution in [0.4, 0.5) is 0 Å². The van der Waals surface area contributed by atoms with Gasteiger partial charge in [-0.3, -0.25) is 4.79 Å². The minimum absolute atomic E-state index is 0.100. The number of hydrogen-bond acceptors (Lipinski definition) is 5. The van der Waals surface area contributed by atoms with Crippen molar-refractivity contribution in [3.63, 3.8) is 0 Å². The summed E-state index contributed by atoms with van der Waals surface area (Å²) in [7, 11) is -3.66. The van der Waals surface area contributed by atoms with Gasteiger partial charge in [0.05, 0.1) is 17.1 Å². The van der Waals surface area contributed by atoms with Crippen molar-refractivity contribution >= 4 is 20.8 Å². The Hall–Kier alpha value is -2.45. The van der Waals surface area contributed by atoms with Gasteiger partial charge in [-0.25, -0.2) is 13.1 Å². The predicted octanol–water partition coefficient (Wildman–Crippen LogP) is 2.18. The van der Waals surface area contributed by atoms with E-state index in [1.165, 1.54) is 16.7 Å². The molecular formula is C18H19N3O4S. The Morgan fingerprint density at radius 1 is 1.27 bits per heavy atom. The lowest BCUT2D eigenvalue weighted by Gasteiger charge is -2.13. The van der Waals surface area contributed by atoms with Gasteiger partial charge in [0.2, 0.25) is 10.0 Å². The molecule has 2 aromatic heterocycles. The Bertz CT molecular complexity index is 1160. The molecule has 0 saturated heterocycles. The molecular weight excluding hydrogens is 354 g/mol. The Kier molecular flexibility index (Phi) is 3.78. The Labute approximate surface area is 150 Å². The molecule has 0 amide bonds. The Balaban J connectivity index is 1.74. The van der Waals surface area contributed by atoms with E-state index in [0.717, 1.165) is 18.5 Å². The number of nitrogens with zero attached hydrogens (tertiary/aromatic N) is 2. The van der Waals surface area contributed by atoms with Crippen LogP contribution in [0.5, 0.6) is 0 Å². The van der Waals surface area contributed by atoms with Crippen LogP contribution in [-0.2, 0) is 16.6 Å². The number of pyridine rings is 1. The third kappa shape index (κ3) is 3.17. The van der Waals surface area contributed by atoms with E-state index < -0.39 is 10.0 Å². The highest BCUT2D eigenvalue weighted by Gasteiger charge is 2.41. The van der Waals surface area contributed by atoms with Crippen LogP contribution in [0.1, 0.15) is 31.2 Å². The smallest absolute Gasteiger partial charge is 0.258 e. The van der Waals surface area contributed by atoms with Crippen molar-refractivity contribution in [3.05, 3.63) is 58.3 Å². The lowest BCUT2D eigenvalue weighted by Crippen LogP contribution is -2.34. The van der Waals surface area contributed by atoms with E-state index in [9.17, 15) is 13.2 Å². The third-order valence-corrected chi connectivity index (χ3v) is 6.28. The van der Waals surface area contributed by atoms with E-state index in [4.69, 9.17) is 4.52 Å². The molecule has 2 heterocycles. The average Bonchev–Trinajstić information content (AvgIpc) is 3.15. The number of aryl methyl sites for hydroxylation is 1. The molecule has 136 valence electrons. The van der Waals surface area contributed by atoms with E-state index in [1.54, 1.807) is 31.3 Å². The normalized spacial score (nSPS) is 16.1. The van der Waals surface area contributed by atoms with Crippen molar-refractivity contribution < 1.29 is 12.9 Å². The number of fused-ring (bicyclic) bond motifs is 1. The zero-order chi connectivity index (χ0) is 18.5. The number of rotatable bonds is 5. The van der Waals surface area contributed by atoms with Gasteiger partial charge < -0.3 is 9.09 Å². The predicted molar refractivity (Wildman–Crippen MR) is 96.5 cm³/mol. The van der Waals surface area contributed by atoms with Crippen molar-refractivity contribution in [2.75, 3.05) is 0 Å². The summed E-state index contributed by atoms with van der Waals surface area (Å²) >= 11 is 0. The minimum Gasteiger partial charge on any atom is -0.359 e. The zero-order valence-corrected chi connectivity index (χ0v) is 15.3. The fourth-order valence-electron chi connectivity index (χ4n) is 2.88. The molecule has 3 aromatic rings. The van der Waals surface area contributed by atoms with E-state index >= 15 is 0 Å². The standard InChI is InChI=1S/C18H19N3O4S/c1-12-9-14(25-19-12)11-21-8-5-13-3-4-15(10-16(13)17(21)22)26(23,24)20-18(2)6-7-18/h3-5,8-10,20H,6-7,11H2,1-2H3. The molecule has 1 aliphatic carbocycles. The number of nitrogens with one attached hydrogen (secondary N) is 1. The molecule has 1 fully saturated rings. The van der Waals surface area contributed by atoms with Gasteiger partial charge in [0.15, 0.2) is 5.76 Å². The number of aromatic nitrogens is 2. The van der Waals surface area contributed by atoms with Crippen molar-refractivity contribution in [1.82, 2.24) is 14.4 Å². The summed E-state index contributed by atoms with van der Waals surface area (Å²) in [5.41, 5.74) is 0.0996. The molecule has 0 aliphatic heterocycles. The molecule has 1 aromatic carbocycles. The van der Waals surface area contributed by atoms with Crippen molar-refractivity contribution in [2.24, 2.45) is 0 Å². The van der Waals surface area contributed by atoms with Crippen LogP contribution in [-0.4, -0.2) is 23.7 Å². The molecule has 0 atom stereocenters. The first-order valence-electron chi connectivity index (χ1n) is 8.35. The maximum atomic E-state index is 12.8. The summed E-state index contributed by atoms with van der Waals surface area (Å²) in [6, 6.07) is 8.17. The summed E-state index contributed by atoms with van der Waals surface area (Å²) in [5, 5.41) is 4.86. The second-order valence-corrected chi connectivity index (χ2v) is 8.78. The Morgan fingerprint density at radius 3 is 2.69 bits per heavy atom. The molecule has 0 radical (unpaired) electrons. The fraction of sp³-hybridized carbons (Fsp3) is 0.333. The summed E-state index contributed by atoms with van der Waals surface area (Å²) in [6.45, 7) is 3.92. The minimum atomic E-state index is -3.66. The van der Waals surface area contributed by atoms with Crippen molar-refractivity contribution in [2.45, 2.75) is 43.7 Å². The largest absolute Gasteiger partial charge is 0.359 e. The van der Waals surface area contributed by atoms with Gasteiger partial charge in [0, 0.05) is 23.2 Å². The summed E-state index contributed by atoms with van der Waals surface area (Å²) in [5.74, 6) is 0.566. The third-order valence-electron chi connectivity index (χ3n) is 4.64. The SMILES string of the molecule is Cc1cc(Cn2ccc3ccc(S(=O)(=O)NC4(C)CC4)cc3c2=O)on1. The molecule has 8 heteroatoms. The van der Waals surface area contributed by atoms with E-state index in [-0.39, 0.29) is 22.5 Å². The molecule has 4 rings (SSSR count). The van der Waals surface area contributed by atoms with Crippen LogP contribution in [0.15, 0.2) is 50.7 Å². The molecule has 0 bridgehead atoms. The highest BCUT2D eigenvalue weighted by atomic mass is 32.2. The van der Waals surface area contributed by atoms with Crippen LogP contribution in [0, 0.1) is 6.92 Å². The summed E-state index contributed by atoms with van der Waals surface area (Å²) in [4.78, 5) is 12.9. The van der Waals surface area contributed by atoms with Gasteiger partial charge in [-0.2, -0.15) is 0 Å². The number of hydrogen-bond donors (Lipinski definition) is 1. The quantitative estimate of drug-likeness (QED) is 0.740. The summed E-state index contributed by atoms with van der Waals surface area (Å²) < 4.78 is 34.5. The maximum Gasteiger partial charge on any atom is 0.258 e. The second kappa shape index (κ2) is 5.78. The van der Waals surface area contributed by atoms with Crippen LogP contribution in [0.3, 0.4) is 0 Å². The van der Waals surface area contributed by atoms with Gasteiger partial charge in [-0.1, -0.05) is 11.2 Å². The number of sulfonamides is 1. The van der Waals surface area contributed by atoms with Crippen molar-refractivity contribution in [3.8, 4) is 0 Å². The highest BCUT2D eigenvalue weighted by Crippen LogP contribution is 2.36. The average molecular weight is 373 g/mol. The lowest BCUT2D eigenvalue weighted by molar-refractivity contribution is 0.372. The molecule has 1 N–H and O–H groups in total. The van der Waals surface area contributed by atoms with Crippen LogP contribution >= 0.6 is 0 Å². The molecule has 0 unspecified atom stereocenters. The monoisotopic (exact) mass is 373 g/mol. The molecule has 7 nitrogen and oxygen atoms in total. The topological polar surface area (TPSA) is 94.2 Å². The van der Waals surface area contributed by atoms with Gasteiger partial charge in [-0.15, -0.1) is 0 Å². The van der Waals surface area contributed by atoms with E-state index in [0.29, 0.717) is 16.5 Å². The first-order valence-corrected chi connectivity index (χ1v) is 9.84. The van der Waals surface area contributed by atoms with Crippen molar-refractivity contribution in [1.29, 1.82) is 0 Å². The second-order valence-electron chi connectivity index (χ2n) is 7.10. The van der Waals surface area contributed by atoms with Crippen LogP contribution in [0.2, 0.25) is 0 Å². The molecule has 26 heavy (non-hydrogen) atoms. The lowest BCUT2D eigenvalue weighted by atomic mass is 10.2. The summed E-state index contributed by atoms with van der Waals surface area (Å²) in [6.07, 6.45) is 3.31. The Morgan fingerprint density at radius 2 is 2.04 bits per heavy atom. The van der Waals surface area contributed by atoms with Gasteiger partial charge in [0.1, 0.15) is 0 Å². The maximum absolute atomic E-state index is 12.8. The van der Waals surface area contributed by atoms with E-state index in [1.807, 2.05) is 6.92 Å². The first kappa shape index (κ1) is 17.0. The molecule has 1 saturated carbocycles. The van der Waals surface area contributed by atoms with Gasteiger partial charge in [-0.05, 0) is 50.3 Å². The zero-order valence-electron chi connectivity index (χ0n) is 14.5. The fourth-order valence-corrected chi connectivity index (χ4v) is 4.37. The van der Waals surface area contributed by atoms with Gasteiger partial charge in [0.25, 0.3) is 5.56 Å². The van der Waals surface area contributed by atoms with Gasteiger partial charge >= 0.3 is 0 Å². The van der Waals surface area contributed by atoms with Crippen LogP contribution < -0.4 is 10.3 Å². The number of benzene rings is 1. The molecule has 1 aliphatic rings.